The van der Waals surface area contributed by atoms with Gasteiger partial charge in [0.2, 0.25) is 0 Å². The predicted molar refractivity (Wildman–Crippen MR) is 103 cm³/mol. The lowest BCUT2D eigenvalue weighted by atomic mass is 10.1. The highest BCUT2D eigenvalue weighted by Crippen LogP contribution is 2.13. The van der Waals surface area contributed by atoms with Crippen LogP contribution in [0, 0.1) is 0 Å². The lowest BCUT2D eigenvalue weighted by molar-refractivity contribution is 0.205. The SMILES string of the molecule is BrCc1ccc(CCN2C=CC(OCc3ccccc3)=CC2)cc1. The molecule has 0 saturated carbocycles. The average molecular weight is 384 g/mol. The summed E-state index contributed by atoms with van der Waals surface area (Å²) in [6, 6.07) is 19.1. The highest BCUT2D eigenvalue weighted by molar-refractivity contribution is 9.08. The molecule has 0 aromatic heterocycles. The van der Waals surface area contributed by atoms with Gasteiger partial charge < -0.3 is 9.64 Å². The van der Waals surface area contributed by atoms with Crippen LogP contribution in [-0.4, -0.2) is 18.0 Å². The first kappa shape index (κ1) is 16.8. The Hall–Kier alpha value is -2.00. The zero-order valence-corrected chi connectivity index (χ0v) is 15.3. The molecule has 124 valence electrons. The van der Waals surface area contributed by atoms with Crippen LogP contribution < -0.4 is 0 Å². The third-order valence-corrected chi connectivity index (χ3v) is 4.74. The van der Waals surface area contributed by atoms with Gasteiger partial charge in [0.25, 0.3) is 0 Å². The molecule has 0 fully saturated rings. The quantitative estimate of drug-likeness (QED) is 0.619. The normalized spacial score (nSPS) is 13.7. The second-order valence-electron chi connectivity index (χ2n) is 5.89. The molecule has 0 bridgehead atoms. The van der Waals surface area contributed by atoms with Crippen molar-refractivity contribution in [2.24, 2.45) is 0 Å². The molecule has 0 atom stereocenters. The molecule has 1 aliphatic rings. The van der Waals surface area contributed by atoms with Gasteiger partial charge in [0.1, 0.15) is 12.4 Å². The zero-order valence-electron chi connectivity index (χ0n) is 13.7. The smallest absolute Gasteiger partial charge is 0.119 e. The highest BCUT2D eigenvalue weighted by Gasteiger charge is 2.06. The number of benzene rings is 2. The maximum Gasteiger partial charge on any atom is 0.119 e. The van der Waals surface area contributed by atoms with Gasteiger partial charge in [-0.05, 0) is 35.3 Å². The molecule has 0 aliphatic carbocycles. The maximum atomic E-state index is 5.85. The first-order chi connectivity index (χ1) is 11.8. The fraction of sp³-hybridized carbons (Fsp3) is 0.238. The van der Waals surface area contributed by atoms with E-state index in [9.17, 15) is 0 Å². The number of hydrogen-bond acceptors (Lipinski definition) is 2. The fourth-order valence-electron chi connectivity index (χ4n) is 2.60. The summed E-state index contributed by atoms with van der Waals surface area (Å²) in [4.78, 5) is 2.31. The number of nitrogens with zero attached hydrogens (tertiary/aromatic N) is 1. The van der Waals surface area contributed by atoms with Crippen molar-refractivity contribution in [3.05, 3.63) is 95.4 Å². The molecule has 0 amide bonds. The van der Waals surface area contributed by atoms with Crippen LogP contribution in [0.3, 0.4) is 0 Å². The van der Waals surface area contributed by atoms with Crippen LogP contribution in [0.5, 0.6) is 0 Å². The number of allylic oxidation sites excluding steroid dienone is 1. The molecule has 2 aromatic rings. The summed E-state index contributed by atoms with van der Waals surface area (Å²) in [6.07, 6.45) is 7.39. The Bertz CT molecular complexity index is 692. The van der Waals surface area contributed by atoms with Crippen molar-refractivity contribution in [1.82, 2.24) is 4.90 Å². The van der Waals surface area contributed by atoms with Gasteiger partial charge in [0, 0.05) is 24.6 Å². The average Bonchev–Trinajstić information content (AvgIpc) is 2.67. The van der Waals surface area contributed by atoms with Crippen molar-refractivity contribution < 1.29 is 4.74 Å². The molecular formula is C21H22BrNO. The Labute approximate surface area is 152 Å². The minimum atomic E-state index is 0.622. The van der Waals surface area contributed by atoms with E-state index in [1.807, 2.05) is 18.2 Å². The van der Waals surface area contributed by atoms with E-state index >= 15 is 0 Å². The first-order valence-electron chi connectivity index (χ1n) is 8.26. The third kappa shape index (κ3) is 5.00. The molecule has 0 spiro atoms. The van der Waals surface area contributed by atoms with Crippen LogP contribution in [0.25, 0.3) is 0 Å². The van der Waals surface area contributed by atoms with Crippen molar-refractivity contribution in [2.75, 3.05) is 13.1 Å². The van der Waals surface area contributed by atoms with Crippen LogP contribution in [0.4, 0.5) is 0 Å². The highest BCUT2D eigenvalue weighted by atomic mass is 79.9. The third-order valence-electron chi connectivity index (χ3n) is 4.09. The number of rotatable bonds is 7. The van der Waals surface area contributed by atoms with E-state index in [0.717, 1.165) is 30.6 Å². The lowest BCUT2D eigenvalue weighted by Crippen LogP contribution is -2.22. The molecule has 0 radical (unpaired) electrons. The molecule has 3 heteroatoms. The van der Waals surface area contributed by atoms with Crippen molar-refractivity contribution in [3.63, 3.8) is 0 Å². The minimum absolute atomic E-state index is 0.622. The van der Waals surface area contributed by atoms with E-state index in [-0.39, 0.29) is 0 Å². The number of alkyl halides is 1. The van der Waals surface area contributed by atoms with Gasteiger partial charge in [0.15, 0.2) is 0 Å². The number of hydrogen-bond donors (Lipinski definition) is 0. The summed E-state index contributed by atoms with van der Waals surface area (Å²) in [5.74, 6) is 0.955. The van der Waals surface area contributed by atoms with Gasteiger partial charge in [-0.1, -0.05) is 70.5 Å². The summed E-state index contributed by atoms with van der Waals surface area (Å²) >= 11 is 3.48. The summed E-state index contributed by atoms with van der Waals surface area (Å²) in [5.41, 5.74) is 3.89. The summed E-state index contributed by atoms with van der Waals surface area (Å²) in [7, 11) is 0. The van der Waals surface area contributed by atoms with Crippen molar-refractivity contribution >= 4 is 15.9 Å². The molecule has 2 nitrogen and oxygen atoms in total. The van der Waals surface area contributed by atoms with Crippen molar-refractivity contribution in [2.45, 2.75) is 18.4 Å². The first-order valence-corrected chi connectivity index (χ1v) is 9.38. The van der Waals surface area contributed by atoms with Gasteiger partial charge in [0.05, 0.1) is 0 Å². The van der Waals surface area contributed by atoms with E-state index in [0.29, 0.717) is 6.61 Å². The molecule has 24 heavy (non-hydrogen) atoms. The monoisotopic (exact) mass is 383 g/mol. The Kier molecular flexibility index (Phi) is 6.13. The molecular weight excluding hydrogens is 362 g/mol. The van der Waals surface area contributed by atoms with Gasteiger partial charge in [-0.2, -0.15) is 0 Å². The number of halogens is 1. The van der Waals surface area contributed by atoms with Crippen LogP contribution >= 0.6 is 15.9 Å². The second-order valence-corrected chi connectivity index (χ2v) is 6.45. The van der Waals surface area contributed by atoms with Crippen LogP contribution in [0.1, 0.15) is 16.7 Å². The standard InChI is InChI=1S/C21H22BrNO/c22-16-19-8-6-18(7-9-19)10-13-23-14-11-21(12-15-23)24-17-20-4-2-1-3-5-20/h1-9,11-12,14H,10,13,15-17H2. The van der Waals surface area contributed by atoms with Gasteiger partial charge in [-0.25, -0.2) is 0 Å². The van der Waals surface area contributed by atoms with E-state index in [1.54, 1.807) is 0 Å². The Morgan fingerprint density at radius 3 is 2.33 bits per heavy atom. The molecule has 0 saturated heterocycles. The Morgan fingerprint density at radius 2 is 1.67 bits per heavy atom. The van der Waals surface area contributed by atoms with E-state index in [1.165, 1.54) is 16.7 Å². The zero-order chi connectivity index (χ0) is 16.6. The summed E-state index contributed by atoms with van der Waals surface area (Å²) < 4.78 is 5.85. The van der Waals surface area contributed by atoms with Crippen LogP contribution in [0.2, 0.25) is 0 Å². The predicted octanol–water partition coefficient (Wildman–Crippen LogP) is 5.05. The van der Waals surface area contributed by atoms with E-state index in [4.69, 9.17) is 4.74 Å². The van der Waals surface area contributed by atoms with Crippen molar-refractivity contribution in [3.8, 4) is 0 Å². The van der Waals surface area contributed by atoms with Gasteiger partial charge in [-0.3, -0.25) is 0 Å². The maximum absolute atomic E-state index is 5.85. The minimum Gasteiger partial charge on any atom is -0.489 e. The molecule has 1 aliphatic heterocycles. The molecule has 2 aromatic carbocycles. The molecule has 0 unspecified atom stereocenters. The topological polar surface area (TPSA) is 12.5 Å². The number of ether oxygens (including phenoxy) is 1. The van der Waals surface area contributed by atoms with Crippen LogP contribution in [0.15, 0.2) is 78.7 Å². The fourth-order valence-corrected chi connectivity index (χ4v) is 2.97. The lowest BCUT2D eigenvalue weighted by Gasteiger charge is -2.22. The van der Waals surface area contributed by atoms with Gasteiger partial charge >= 0.3 is 0 Å². The van der Waals surface area contributed by atoms with E-state index in [2.05, 4.69) is 75.6 Å². The Balaban J connectivity index is 1.42. The van der Waals surface area contributed by atoms with E-state index < -0.39 is 0 Å². The molecule has 1 heterocycles. The second kappa shape index (κ2) is 8.74. The Morgan fingerprint density at radius 1 is 0.917 bits per heavy atom. The molecule has 3 rings (SSSR count). The summed E-state index contributed by atoms with van der Waals surface area (Å²) in [5, 5.41) is 0.915. The molecule has 0 N–H and O–H groups in total. The van der Waals surface area contributed by atoms with Gasteiger partial charge in [-0.15, -0.1) is 0 Å². The van der Waals surface area contributed by atoms with Crippen molar-refractivity contribution in [1.29, 1.82) is 0 Å². The largest absolute Gasteiger partial charge is 0.489 e. The van der Waals surface area contributed by atoms with Crippen LogP contribution in [-0.2, 0) is 23.1 Å². The summed E-state index contributed by atoms with van der Waals surface area (Å²) in [6.45, 7) is 2.55.